The molecule has 1 amide bonds. The lowest BCUT2D eigenvalue weighted by molar-refractivity contribution is -0.116. The average Bonchev–Trinajstić information content (AvgIpc) is 2.85. The monoisotopic (exact) mass is 415 g/mol. The smallest absolute Gasteiger partial charge is 0.244 e. The zero-order chi connectivity index (χ0) is 19.7. The molecule has 0 spiro atoms. The average molecular weight is 416 g/mol. The fourth-order valence-electron chi connectivity index (χ4n) is 3.97. The number of amides is 1. The van der Waals surface area contributed by atoms with E-state index in [1.54, 1.807) is 0 Å². The lowest BCUT2D eigenvalue weighted by atomic mass is 10.1. The maximum atomic E-state index is 12.8. The molecule has 1 aromatic heterocycles. The second kappa shape index (κ2) is 8.16. The number of halogens is 2. The van der Waals surface area contributed by atoms with Crippen LogP contribution in [-0.2, 0) is 30.6 Å². The zero-order valence-electron chi connectivity index (χ0n) is 15.8. The number of hydrogen-bond acceptors (Lipinski definition) is 2. The molecule has 3 aromatic rings. The first kappa shape index (κ1) is 19.3. The Kier molecular flexibility index (Phi) is 5.63. The van der Waals surface area contributed by atoms with E-state index in [0.29, 0.717) is 10.0 Å². The highest BCUT2D eigenvalue weighted by Crippen LogP contribution is 2.34. The van der Waals surface area contributed by atoms with Crippen molar-refractivity contribution in [2.45, 2.75) is 32.7 Å². The number of aromatic nitrogens is 1. The highest BCUT2D eigenvalue weighted by atomic mass is 35.5. The van der Waals surface area contributed by atoms with Gasteiger partial charge >= 0.3 is 0 Å². The molecule has 0 saturated carbocycles. The Morgan fingerprint density at radius 3 is 2.75 bits per heavy atom. The molecule has 28 heavy (non-hydrogen) atoms. The van der Waals surface area contributed by atoms with Gasteiger partial charge < -0.3 is 15.2 Å². The van der Waals surface area contributed by atoms with E-state index in [0.717, 1.165) is 48.9 Å². The van der Waals surface area contributed by atoms with Crippen LogP contribution in [0.3, 0.4) is 0 Å². The third-order valence-corrected chi connectivity index (χ3v) is 6.06. The summed E-state index contributed by atoms with van der Waals surface area (Å²) in [5, 5.41) is 8.62. The first-order valence-corrected chi connectivity index (χ1v) is 10.4. The van der Waals surface area contributed by atoms with E-state index in [1.807, 2.05) is 30.3 Å². The normalized spacial score (nSPS) is 14.0. The van der Waals surface area contributed by atoms with Crippen molar-refractivity contribution < 1.29 is 4.79 Å². The summed E-state index contributed by atoms with van der Waals surface area (Å²) in [7, 11) is 0. The van der Waals surface area contributed by atoms with Gasteiger partial charge in [-0.2, -0.15) is 0 Å². The number of carbonyl (C=O) groups is 1. The van der Waals surface area contributed by atoms with Gasteiger partial charge in [0.05, 0.1) is 15.6 Å². The first-order valence-electron chi connectivity index (χ1n) is 9.65. The highest BCUT2D eigenvalue weighted by molar-refractivity contribution is 6.42. The number of anilines is 1. The Labute approximate surface area is 174 Å². The standard InChI is InChI=1S/C22H23Cl2N3O/c1-2-14-4-3-5-15(10-14)26-22(28)13-27-20-7-9-25-8-6-16(20)17-11-18(23)19(24)12-21(17)27/h3-5,10-12,25H,2,6-9,13H2,1H3,(H,26,28). The van der Waals surface area contributed by atoms with Gasteiger partial charge in [-0.15, -0.1) is 0 Å². The molecule has 2 N–H and O–H groups in total. The van der Waals surface area contributed by atoms with E-state index in [1.165, 1.54) is 16.8 Å². The summed E-state index contributed by atoms with van der Waals surface area (Å²) in [5.74, 6) is -0.0452. The lowest BCUT2D eigenvalue weighted by Gasteiger charge is -2.12. The highest BCUT2D eigenvalue weighted by Gasteiger charge is 2.21. The van der Waals surface area contributed by atoms with Crippen molar-refractivity contribution in [3.05, 3.63) is 63.3 Å². The van der Waals surface area contributed by atoms with Crippen LogP contribution in [0, 0.1) is 0 Å². The van der Waals surface area contributed by atoms with Crippen LogP contribution in [0.2, 0.25) is 10.0 Å². The van der Waals surface area contributed by atoms with Crippen LogP contribution in [-0.4, -0.2) is 23.6 Å². The van der Waals surface area contributed by atoms with Crippen molar-refractivity contribution in [1.29, 1.82) is 0 Å². The van der Waals surface area contributed by atoms with Gasteiger partial charge in [-0.3, -0.25) is 4.79 Å². The Hall–Kier alpha value is -2.01. The molecule has 2 aromatic carbocycles. The van der Waals surface area contributed by atoms with Gasteiger partial charge in [0.2, 0.25) is 5.91 Å². The molecule has 1 aliphatic heterocycles. The van der Waals surface area contributed by atoms with Crippen LogP contribution in [0.4, 0.5) is 5.69 Å². The molecule has 4 nitrogen and oxygen atoms in total. The Morgan fingerprint density at radius 1 is 1.14 bits per heavy atom. The summed E-state index contributed by atoms with van der Waals surface area (Å²) in [6, 6.07) is 11.8. The third kappa shape index (κ3) is 3.77. The van der Waals surface area contributed by atoms with E-state index in [9.17, 15) is 4.79 Å². The van der Waals surface area contributed by atoms with Gasteiger partial charge in [0.1, 0.15) is 6.54 Å². The molecule has 0 radical (unpaired) electrons. The van der Waals surface area contributed by atoms with Crippen molar-refractivity contribution in [1.82, 2.24) is 9.88 Å². The summed E-state index contributed by atoms with van der Waals surface area (Å²) >= 11 is 12.6. The Morgan fingerprint density at radius 2 is 1.93 bits per heavy atom. The second-order valence-corrected chi connectivity index (χ2v) is 7.96. The number of fused-ring (bicyclic) bond motifs is 3. The maximum absolute atomic E-state index is 12.8. The number of hydrogen-bond donors (Lipinski definition) is 2. The zero-order valence-corrected chi connectivity index (χ0v) is 17.3. The molecule has 2 heterocycles. The maximum Gasteiger partial charge on any atom is 0.244 e. The van der Waals surface area contributed by atoms with Gasteiger partial charge in [0, 0.05) is 29.7 Å². The number of rotatable bonds is 4. The van der Waals surface area contributed by atoms with Crippen LogP contribution in [0.5, 0.6) is 0 Å². The summed E-state index contributed by atoms with van der Waals surface area (Å²) < 4.78 is 2.10. The molecule has 1 aliphatic rings. The van der Waals surface area contributed by atoms with Crippen LogP contribution < -0.4 is 10.6 Å². The van der Waals surface area contributed by atoms with E-state index in [4.69, 9.17) is 23.2 Å². The van der Waals surface area contributed by atoms with Gasteiger partial charge in [0.25, 0.3) is 0 Å². The van der Waals surface area contributed by atoms with Crippen molar-refractivity contribution >= 4 is 45.7 Å². The molecule has 146 valence electrons. The minimum atomic E-state index is -0.0452. The number of nitrogens with one attached hydrogen (secondary N) is 2. The molecule has 0 atom stereocenters. The minimum Gasteiger partial charge on any atom is -0.335 e. The number of nitrogens with zero attached hydrogens (tertiary/aromatic N) is 1. The van der Waals surface area contributed by atoms with Gasteiger partial charge in [-0.05, 0) is 54.8 Å². The predicted octanol–water partition coefficient (Wildman–Crippen LogP) is 4.84. The van der Waals surface area contributed by atoms with Crippen molar-refractivity contribution in [2.75, 3.05) is 18.4 Å². The molecular weight excluding hydrogens is 393 g/mol. The van der Waals surface area contributed by atoms with Crippen molar-refractivity contribution in [3.63, 3.8) is 0 Å². The van der Waals surface area contributed by atoms with E-state index in [2.05, 4.69) is 28.2 Å². The molecule has 0 fully saturated rings. The summed E-state index contributed by atoms with van der Waals surface area (Å²) in [6.07, 6.45) is 2.72. The van der Waals surface area contributed by atoms with E-state index >= 15 is 0 Å². The number of benzene rings is 2. The fraction of sp³-hybridized carbons (Fsp3) is 0.318. The quantitative estimate of drug-likeness (QED) is 0.640. The van der Waals surface area contributed by atoms with E-state index < -0.39 is 0 Å². The first-order chi connectivity index (χ1) is 13.6. The number of aryl methyl sites for hydroxylation is 1. The third-order valence-electron chi connectivity index (χ3n) is 5.34. The Bertz CT molecular complexity index is 1040. The molecule has 0 unspecified atom stereocenters. The van der Waals surface area contributed by atoms with E-state index in [-0.39, 0.29) is 12.5 Å². The topological polar surface area (TPSA) is 46.1 Å². The van der Waals surface area contributed by atoms with Crippen LogP contribution in [0.15, 0.2) is 36.4 Å². The fourth-order valence-corrected chi connectivity index (χ4v) is 4.29. The van der Waals surface area contributed by atoms with Crippen molar-refractivity contribution in [2.24, 2.45) is 0 Å². The van der Waals surface area contributed by atoms with Crippen LogP contribution in [0.1, 0.15) is 23.7 Å². The summed E-state index contributed by atoms with van der Waals surface area (Å²) in [5.41, 5.74) is 5.45. The lowest BCUT2D eigenvalue weighted by Crippen LogP contribution is -2.21. The summed E-state index contributed by atoms with van der Waals surface area (Å²) in [4.78, 5) is 12.8. The van der Waals surface area contributed by atoms with Crippen LogP contribution in [0.25, 0.3) is 10.9 Å². The molecule has 4 rings (SSSR count). The molecule has 0 aliphatic carbocycles. The SMILES string of the molecule is CCc1cccc(NC(=O)Cn2c3c(c4cc(Cl)c(Cl)cc42)CCNCC3)c1. The van der Waals surface area contributed by atoms with Crippen LogP contribution >= 0.6 is 23.2 Å². The van der Waals surface area contributed by atoms with Gasteiger partial charge in [0.15, 0.2) is 0 Å². The molecular formula is C22H23Cl2N3O. The summed E-state index contributed by atoms with van der Waals surface area (Å²) in [6.45, 7) is 4.17. The minimum absolute atomic E-state index is 0.0452. The van der Waals surface area contributed by atoms with Gasteiger partial charge in [-0.1, -0.05) is 42.3 Å². The molecule has 0 bridgehead atoms. The largest absolute Gasteiger partial charge is 0.335 e. The predicted molar refractivity (Wildman–Crippen MR) is 117 cm³/mol. The molecule has 0 saturated heterocycles. The van der Waals surface area contributed by atoms with Gasteiger partial charge in [-0.25, -0.2) is 0 Å². The second-order valence-electron chi connectivity index (χ2n) is 7.15. The Balaban J connectivity index is 1.70. The number of carbonyl (C=O) groups excluding carboxylic acids is 1. The molecule has 6 heteroatoms. The van der Waals surface area contributed by atoms with Crippen molar-refractivity contribution in [3.8, 4) is 0 Å².